The number of urea groups is 1. The molecule has 0 aliphatic carbocycles. The molecule has 3 amide bonds. The van der Waals surface area contributed by atoms with Gasteiger partial charge in [-0.15, -0.1) is 0 Å². The van der Waals surface area contributed by atoms with Crippen LogP contribution >= 0.6 is 0 Å². The minimum Gasteiger partial charge on any atom is -0.369 e. The standard InChI is InChI=1S/C11H20N4O2/c12-10(16)9-1-5-14(6-2-9)11(17)15-7-3-13-4-8-15/h9,13H,1-8H2,(H2,12,16). The number of rotatable bonds is 1. The Morgan fingerprint density at radius 2 is 1.53 bits per heavy atom. The summed E-state index contributed by atoms with van der Waals surface area (Å²) >= 11 is 0. The Morgan fingerprint density at radius 1 is 1.00 bits per heavy atom. The fourth-order valence-corrected chi connectivity index (χ4v) is 2.41. The summed E-state index contributed by atoms with van der Waals surface area (Å²) in [5.41, 5.74) is 5.27. The molecule has 3 N–H and O–H groups in total. The third kappa shape index (κ3) is 2.88. The van der Waals surface area contributed by atoms with Crippen LogP contribution in [0.5, 0.6) is 0 Å². The van der Waals surface area contributed by atoms with Crippen molar-refractivity contribution >= 4 is 11.9 Å². The molecule has 2 saturated heterocycles. The average Bonchev–Trinajstić information content (AvgIpc) is 2.39. The number of amides is 3. The molecule has 0 aromatic carbocycles. The second-order valence-corrected chi connectivity index (χ2v) is 4.68. The summed E-state index contributed by atoms with van der Waals surface area (Å²) < 4.78 is 0. The Morgan fingerprint density at radius 3 is 2.06 bits per heavy atom. The molecule has 2 rings (SSSR count). The van der Waals surface area contributed by atoms with Gasteiger partial charge in [0.25, 0.3) is 0 Å². The van der Waals surface area contributed by atoms with E-state index in [0.29, 0.717) is 25.9 Å². The lowest BCUT2D eigenvalue weighted by Gasteiger charge is -2.36. The predicted octanol–water partition coefficient (Wildman–Crippen LogP) is -0.791. The molecule has 2 fully saturated rings. The van der Waals surface area contributed by atoms with Gasteiger partial charge in [0, 0.05) is 45.2 Å². The predicted molar refractivity (Wildman–Crippen MR) is 63.3 cm³/mol. The molecule has 96 valence electrons. The lowest BCUT2D eigenvalue weighted by molar-refractivity contribution is -0.123. The Balaban J connectivity index is 1.83. The zero-order chi connectivity index (χ0) is 12.3. The van der Waals surface area contributed by atoms with Gasteiger partial charge >= 0.3 is 6.03 Å². The molecule has 0 aromatic heterocycles. The summed E-state index contributed by atoms with van der Waals surface area (Å²) in [4.78, 5) is 26.9. The number of piperazine rings is 1. The third-order valence-electron chi connectivity index (χ3n) is 3.56. The third-order valence-corrected chi connectivity index (χ3v) is 3.56. The van der Waals surface area contributed by atoms with Gasteiger partial charge in [0.1, 0.15) is 0 Å². The smallest absolute Gasteiger partial charge is 0.320 e. The van der Waals surface area contributed by atoms with Crippen molar-refractivity contribution in [2.24, 2.45) is 11.7 Å². The van der Waals surface area contributed by atoms with E-state index in [-0.39, 0.29) is 17.9 Å². The SMILES string of the molecule is NC(=O)C1CCN(C(=O)N2CCNCC2)CC1. The number of hydrogen-bond acceptors (Lipinski definition) is 3. The molecule has 6 nitrogen and oxygen atoms in total. The maximum absolute atomic E-state index is 12.1. The van der Waals surface area contributed by atoms with Crippen molar-refractivity contribution in [2.75, 3.05) is 39.3 Å². The van der Waals surface area contributed by atoms with Crippen LogP contribution < -0.4 is 11.1 Å². The van der Waals surface area contributed by atoms with Gasteiger partial charge in [-0.05, 0) is 12.8 Å². The van der Waals surface area contributed by atoms with E-state index in [9.17, 15) is 9.59 Å². The van der Waals surface area contributed by atoms with Crippen molar-refractivity contribution in [1.82, 2.24) is 15.1 Å². The van der Waals surface area contributed by atoms with Gasteiger partial charge in [0.2, 0.25) is 5.91 Å². The van der Waals surface area contributed by atoms with Gasteiger partial charge in [-0.2, -0.15) is 0 Å². The molecule has 0 aromatic rings. The number of likely N-dealkylation sites (tertiary alicyclic amines) is 1. The quantitative estimate of drug-likeness (QED) is 0.630. The molecule has 0 saturated carbocycles. The minimum absolute atomic E-state index is 0.0536. The van der Waals surface area contributed by atoms with Gasteiger partial charge in [0.15, 0.2) is 0 Å². The maximum Gasteiger partial charge on any atom is 0.320 e. The molecule has 2 heterocycles. The van der Waals surface area contributed by atoms with Crippen molar-refractivity contribution < 1.29 is 9.59 Å². The summed E-state index contributed by atoms with van der Waals surface area (Å²) in [6, 6.07) is 0.106. The average molecular weight is 240 g/mol. The zero-order valence-electron chi connectivity index (χ0n) is 10.0. The van der Waals surface area contributed by atoms with E-state index in [1.54, 1.807) is 0 Å². The van der Waals surface area contributed by atoms with Crippen molar-refractivity contribution in [3.8, 4) is 0 Å². The van der Waals surface area contributed by atoms with Crippen LogP contribution in [-0.2, 0) is 4.79 Å². The molecule has 2 aliphatic rings. The number of carbonyl (C=O) groups excluding carboxylic acids is 2. The molecule has 0 bridgehead atoms. The maximum atomic E-state index is 12.1. The highest BCUT2D eigenvalue weighted by Gasteiger charge is 2.28. The molecular formula is C11H20N4O2. The van der Waals surface area contributed by atoms with Crippen LogP contribution in [0.15, 0.2) is 0 Å². The van der Waals surface area contributed by atoms with E-state index in [0.717, 1.165) is 26.2 Å². The second-order valence-electron chi connectivity index (χ2n) is 4.68. The second kappa shape index (κ2) is 5.35. The Kier molecular flexibility index (Phi) is 3.83. The highest BCUT2D eigenvalue weighted by atomic mass is 16.2. The van der Waals surface area contributed by atoms with Crippen LogP contribution in [0.4, 0.5) is 4.79 Å². The zero-order valence-corrected chi connectivity index (χ0v) is 10.0. The summed E-state index contributed by atoms with van der Waals surface area (Å²) in [7, 11) is 0. The molecule has 0 unspecified atom stereocenters. The van der Waals surface area contributed by atoms with Crippen molar-refractivity contribution in [3.05, 3.63) is 0 Å². The number of hydrogen-bond donors (Lipinski definition) is 2. The van der Waals surface area contributed by atoms with E-state index in [1.807, 2.05) is 9.80 Å². The molecule has 0 spiro atoms. The number of nitrogens with zero attached hydrogens (tertiary/aromatic N) is 2. The first kappa shape index (κ1) is 12.2. The van der Waals surface area contributed by atoms with E-state index in [2.05, 4.69) is 5.32 Å². The Labute approximate surface area is 101 Å². The number of carbonyl (C=O) groups is 2. The molecule has 0 atom stereocenters. The normalized spacial score (nSPS) is 22.6. The number of piperidine rings is 1. The summed E-state index contributed by atoms with van der Waals surface area (Å²) in [5.74, 6) is -0.290. The molecule has 2 aliphatic heterocycles. The van der Waals surface area contributed by atoms with Crippen LogP contribution in [-0.4, -0.2) is 61.0 Å². The fourth-order valence-electron chi connectivity index (χ4n) is 2.41. The largest absolute Gasteiger partial charge is 0.369 e. The number of nitrogens with one attached hydrogen (secondary N) is 1. The molecular weight excluding hydrogens is 220 g/mol. The van der Waals surface area contributed by atoms with Crippen molar-refractivity contribution in [1.29, 1.82) is 0 Å². The van der Waals surface area contributed by atoms with Crippen LogP contribution in [0.1, 0.15) is 12.8 Å². The van der Waals surface area contributed by atoms with Crippen LogP contribution in [0.3, 0.4) is 0 Å². The highest BCUT2D eigenvalue weighted by molar-refractivity contribution is 5.78. The summed E-state index contributed by atoms with van der Waals surface area (Å²) in [6.07, 6.45) is 1.40. The van der Waals surface area contributed by atoms with Gasteiger partial charge in [-0.25, -0.2) is 4.79 Å². The number of nitrogens with two attached hydrogens (primary N) is 1. The topological polar surface area (TPSA) is 78.7 Å². The first-order valence-electron chi connectivity index (χ1n) is 6.22. The first-order chi connectivity index (χ1) is 8.18. The fraction of sp³-hybridized carbons (Fsp3) is 0.818. The summed E-state index contributed by atoms with van der Waals surface area (Å²) in [5, 5.41) is 3.22. The van der Waals surface area contributed by atoms with Crippen LogP contribution in [0.2, 0.25) is 0 Å². The Bertz CT molecular complexity index is 294. The van der Waals surface area contributed by atoms with Crippen LogP contribution in [0, 0.1) is 5.92 Å². The monoisotopic (exact) mass is 240 g/mol. The lowest BCUT2D eigenvalue weighted by atomic mass is 9.96. The van der Waals surface area contributed by atoms with E-state index in [1.165, 1.54) is 0 Å². The summed E-state index contributed by atoms with van der Waals surface area (Å²) in [6.45, 7) is 4.57. The van der Waals surface area contributed by atoms with Crippen molar-refractivity contribution in [2.45, 2.75) is 12.8 Å². The van der Waals surface area contributed by atoms with Gasteiger partial charge in [0.05, 0.1) is 0 Å². The van der Waals surface area contributed by atoms with Crippen LogP contribution in [0.25, 0.3) is 0 Å². The molecule has 6 heteroatoms. The van der Waals surface area contributed by atoms with Gasteiger partial charge in [-0.3, -0.25) is 4.79 Å². The first-order valence-corrected chi connectivity index (χ1v) is 6.22. The van der Waals surface area contributed by atoms with E-state index in [4.69, 9.17) is 5.73 Å². The van der Waals surface area contributed by atoms with Gasteiger partial charge in [-0.1, -0.05) is 0 Å². The highest BCUT2D eigenvalue weighted by Crippen LogP contribution is 2.17. The van der Waals surface area contributed by atoms with Crippen molar-refractivity contribution in [3.63, 3.8) is 0 Å². The molecule has 17 heavy (non-hydrogen) atoms. The molecule has 0 radical (unpaired) electrons. The Hall–Kier alpha value is -1.30. The lowest BCUT2D eigenvalue weighted by Crippen LogP contribution is -2.53. The van der Waals surface area contributed by atoms with Gasteiger partial charge < -0.3 is 20.9 Å². The minimum atomic E-state index is -0.237. The van der Waals surface area contributed by atoms with E-state index < -0.39 is 0 Å². The van der Waals surface area contributed by atoms with E-state index >= 15 is 0 Å². The number of primary amides is 1.